The molecule has 0 atom stereocenters. The van der Waals surface area contributed by atoms with Gasteiger partial charge in [0.15, 0.2) is 0 Å². The van der Waals surface area contributed by atoms with Crippen molar-refractivity contribution in [3.63, 3.8) is 0 Å². The molecule has 1 aliphatic heterocycles. The van der Waals surface area contributed by atoms with Gasteiger partial charge in [0.1, 0.15) is 6.07 Å². The summed E-state index contributed by atoms with van der Waals surface area (Å²) in [6.45, 7) is 3.99. The minimum atomic E-state index is 0.126. The predicted octanol–water partition coefficient (Wildman–Crippen LogP) is 3.16. The lowest BCUT2D eigenvalue weighted by Crippen LogP contribution is -2.48. The SMILES string of the molecule is CN1CCCN(c2oc(C34CC5CC(CC(C5)C3)C4)nc2C#N)CC1. The van der Waals surface area contributed by atoms with Gasteiger partial charge in [0.2, 0.25) is 17.5 Å². The standard InChI is InChI=1S/C20H28N4O/c1-23-3-2-4-24(6-5-23)18-17(13-21)22-19(25-18)20-10-14-7-15(11-20)9-16(8-14)12-20/h14-16H,2-12H2,1H3. The van der Waals surface area contributed by atoms with Crippen molar-refractivity contribution in [3.05, 3.63) is 11.6 Å². The highest BCUT2D eigenvalue weighted by atomic mass is 16.4. The zero-order chi connectivity index (χ0) is 17.0. The summed E-state index contributed by atoms with van der Waals surface area (Å²) in [6.07, 6.45) is 9.03. The van der Waals surface area contributed by atoms with E-state index in [1.54, 1.807) is 0 Å². The van der Waals surface area contributed by atoms with Crippen LogP contribution in [0.2, 0.25) is 0 Å². The molecule has 25 heavy (non-hydrogen) atoms. The van der Waals surface area contributed by atoms with Crippen LogP contribution in [0.15, 0.2) is 4.42 Å². The highest BCUT2D eigenvalue weighted by Gasteiger charge is 2.54. The number of oxazole rings is 1. The Morgan fingerprint density at radius 3 is 2.36 bits per heavy atom. The van der Waals surface area contributed by atoms with Crippen LogP contribution in [-0.4, -0.2) is 43.1 Å². The van der Waals surface area contributed by atoms with E-state index < -0.39 is 0 Å². The maximum absolute atomic E-state index is 9.66. The van der Waals surface area contributed by atoms with Gasteiger partial charge in [-0.05, 0) is 76.3 Å². The molecule has 0 N–H and O–H groups in total. The van der Waals surface area contributed by atoms with Gasteiger partial charge in [0, 0.05) is 25.0 Å². The van der Waals surface area contributed by atoms with Gasteiger partial charge in [-0.15, -0.1) is 0 Å². The first-order valence-corrected chi connectivity index (χ1v) is 10.00. The Hall–Kier alpha value is -1.54. The zero-order valence-electron chi connectivity index (χ0n) is 15.2. The van der Waals surface area contributed by atoms with E-state index in [0.29, 0.717) is 5.69 Å². The maximum Gasteiger partial charge on any atom is 0.234 e. The summed E-state index contributed by atoms with van der Waals surface area (Å²) >= 11 is 0. The molecule has 0 spiro atoms. The average molecular weight is 340 g/mol. The molecule has 6 rings (SSSR count). The monoisotopic (exact) mass is 340 g/mol. The third-order valence-electron chi connectivity index (χ3n) is 7.21. The van der Waals surface area contributed by atoms with E-state index in [9.17, 15) is 5.26 Å². The van der Waals surface area contributed by atoms with E-state index in [4.69, 9.17) is 9.40 Å². The average Bonchev–Trinajstić information content (AvgIpc) is 2.91. The van der Waals surface area contributed by atoms with Crippen LogP contribution in [0.1, 0.15) is 56.5 Å². The van der Waals surface area contributed by atoms with Crippen LogP contribution in [0.4, 0.5) is 5.88 Å². The van der Waals surface area contributed by atoms with Crippen molar-refractivity contribution < 1.29 is 4.42 Å². The summed E-state index contributed by atoms with van der Waals surface area (Å²) in [6, 6.07) is 2.32. The molecule has 0 amide bonds. The Bertz CT molecular complexity index is 668. The molecule has 0 radical (unpaired) electrons. The van der Waals surface area contributed by atoms with Crippen molar-refractivity contribution in [1.29, 1.82) is 5.26 Å². The number of aromatic nitrogens is 1. The summed E-state index contributed by atoms with van der Waals surface area (Å²) in [5.41, 5.74) is 0.636. The summed E-state index contributed by atoms with van der Waals surface area (Å²) in [7, 11) is 2.16. The second-order valence-electron chi connectivity index (χ2n) is 9.13. The largest absolute Gasteiger partial charge is 0.423 e. The topological polar surface area (TPSA) is 56.3 Å². The molecule has 5 fully saturated rings. The van der Waals surface area contributed by atoms with Crippen LogP contribution in [0, 0.1) is 29.1 Å². The van der Waals surface area contributed by atoms with Gasteiger partial charge in [-0.25, -0.2) is 0 Å². The van der Waals surface area contributed by atoms with E-state index in [0.717, 1.165) is 62.1 Å². The van der Waals surface area contributed by atoms with E-state index in [-0.39, 0.29) is 5.41 Å². The van der Waals surface area contributed by atoms with Crippen LogP contribution in [0.3, 0.4) is 0 Å². The van der Waals surface area contributed by atoms with Gasteiger partial charge in [-0.1, -0.05) is 0 Å². The van der Waals surface area contributed by atoms with E-state index >= 15 is 0 Å². The summed E-state index contributed by atoms with van der Waals surface area (Å²) < 4.78 is 6.39. The number of hydrogen-bond acceptors (Lipinski definition) is 5. The quantitative estimate of drug-likeness (QED) is 0.828. The molecule has 5 heteroatoms. The smallest absolute Gasteiger partial charge is 0.234 e. The fourth-order valence-corrected chi connectivity index (χ4v) is 6.45. The Morgan fingerprint density at radius 1 is 1.04 bits per heavy atom. The molecule has 0 aromatic carbocycles. The molecular formula is C20H28N4O. The van der Waals surface area contributed by atoms with E-state index in [2.05, 4.69) is 22.9 Å². The molecule has 134 valence electrons. The lowest BCUT2D eigenvalue weighted by molar-refractivity contribution is -0.0175. The number of nitrogens with zero attached hydrogens (tertiary/aromatic N) is 4. The molecule has 1 aromatic heterocycles. The van der Waals surface area contributed by atoms with Crippen molar-refractivity contribution in [2.75, 3.05) is 38.1 Å². The minimum Gasteiger partial charge on any atom is -0.423 e. The first-order chi connectivity index (χ1) is 12.1. The molecule has 1 aromatic rings. The van der Waals surface area contributed by atoms with Crippen LogP contribution >= 0.6 is 0 Å². The number of anilines is 1. The molecule has 0 unspecified atom stereocenters. The van der Waals surface area contributed by atoms with Crippen LogP contribution in [0.5, 0.6) is 0 Å². The van der Waals surface area contributed by atoms with Gasteiger partial charge < -0.3 is 14.2 Å². The predicted molar refractivity (Wildman–Crippen MR) is 95.4 cm³/mol. The Labute approximate surface area is 150 Å². The molecule has 5 nitrogen and oxygen atoms in total. The van der Waals surface area contributed by atoms with Gasteiger partial charge in [-0.2, -0.15) is 10.2 Å². The third kappa shape index (κ3) is 2.57. The second kappa shape index (κ2) is 5.74. The number of likely N-dealkylation sites (N-methyl/N-ethyl adjacent to an activating group) is 1. The fourth-order valence-electron chi connectivity index (χ4n) is 6.45. The lowest BCUT2D eigenvalue weighted by Gasteiger charge is -2.55. The van der Waals surface area contributed by atoms with Crippen LogP contribution in [-0.2, 0) is 5.41 Å². The fraction of sp³-hybridized carbons (Fsp3) is 0.800. The van der Waals surface area contributed by atoms with Gasteiger partial charge >= 0.3 is 0 Å². The van der Waals surface area contributed by atoms with Crippen molar-refractivity contribution >= 4 is 5.88 Å². The van der Waals surface area contributed by atoms with Crippen molar-refractivity contribution in [1.82, 2.24) is 9.88 Å². The molecular weight excluding hydrogens is 312 g/mol. The number of rotatable bonds is 2. The molecule has 5 aliphatic rings. The zero-order valence-corrected chi connectivity index (χ0v) is 15.2. The van der Waals surface area contributed by atoms with Crippen molar-refractivity contribution in [2.45, 2.75) is 50.4 Å². The molecule has 2 heterocycles. The first-order valence-electron chi connectivity index (χ1n) is 10.00. The van der Waals surface area contributed by atoms with Crippen molar-refractivity contribution in [2.24, 2.45) is 17.8 Å². The maximum atomic E-state index is 9.66. The second-order valence-corrected chi connectivity index (χ2v) is 9.13. The highest BCUT2D eigenvalue weighted by molar-refractivity contribution is 5.49. The summed E-state index contributed by atoms with van der Waals surface area (Å²) in [5, 5.41) is 9.66. The molecule has 4 aliphatic carbocycles. The lowest BCUT2D eigenvalue weighted by atomic mass is 9.49. The van der Waals surface area contributed by atoms with Gasteiger partial charge in [0.05, 0.1) is 0 Å². The molecule has 4 bridgehead atoms. The Kier molecular flexibility index (Phi) is 3.60. The van der Waals surface area contributed by atoms with Gasteiger partial charge in [-0.3, -0.25) is 0 Å². The van der Waals surface area contributed by atoms with Crippen molar-refractivity contribution in [3.8, 4) is 6.07 Å². The van der Waals surface area contributed by atoms with E-state index in [1.807, 2.05) is 0 Å². The minimum absolute atomic E-state index is 0.126. The highest BCUT2D eigenvalue weighted by Crippen LogP contribution is 2.60. The summed E-state index contributed by atoms with van der Waals surface area (Å²) in [5.74, 6) is 4.20. The normalized spacial score (nSPS) is 37.9. The van der Waals surface area contributed by atoms with Gasteiger partial charge in [0.25, 0.3) is 0 Å². The van der Waals surface area contributed by atoms with E-state index in [1.165, 1.54) is 38.5 Å². The number of nitriles is 1. The molecule has 4 saturated carbocycles. The van der Waals surface area contributed by atoms with Crippen LogP contribution < -0.4 is 4.90 Å². The Balaban J connectivity index is 1.47. The number of hydrogen-bond donors (Lipinski definition) is 0. The first kappa shape index (κ1) is 15.7. The van der Waals surface area contributed by atoms with Crippen LogP contribution in [0.25, 0.3) is 0 Å². The Morgan fingerprint density at radius 2 is 1.72 bits per heavy atom. The molecule has 1 saturated heterocycles. The third-order valence-corrected chi connectivity index (χ3v) is 7.21. The summed E-state index contributed by atoms with van der Waals surface area (Å²) in [4.78, 5) is 9.36.